The number of aromatic amines is 1. The van der Waals surface area contributed by atoms with E-state index in [1.807, 2.05) is 0 Å². The van der Waals surface area contributed by atoms with Crippen molar-refractivity contribution in [2.24, 2.45) is 0 Å². The number of nitrogens with one attached hydrogen (secondary N) is 1. The fourth-order valence-electron chi connectivity index (χ4n) is 2.01. The Hall–Kier alpha value is 1.06. The van der Waals surface area contributed by atoms with E-state index in [4.69, 9.17) is 17.0 Å². The number of phosphoric acid groups is 1. The maximum Gasteiger partial charge on any atom is 1.00 e. The van der Waals surface area contributed by atoms with Gasteiger partial charge in [-0.2, -0.15) is 0 Å². The van der Waals surface area contributed by atoms with E-state index >= 15 is 0 Å². The number of nitrogens with zero attached hydrogens (tertiary/aromatic N) is 1. The second-order valence-corrected chi connectivity index (χ2v) is 6.36. The van der Waals surface area contributed by atoms with E-state index in [1.165, 1.54) is 17.7 Å². The quantitative estimate of drug-likeness (QED) is 0.289. The van der Waals surface area contributed by atoms with Crippen LogP contribution in [0.1, 0.15) is 18.2 Å². The monoisotopic (exact) mass is 400 g/mol. The van der Waals surface area contributed by atoms with Crippen LogP contribution < -0.4 is 74.5 Å². The predicted molar refractivity (Wildman–Crippen MR) is 68.8 cm³/mol. The standard InChI is InChI=1S/C10H14FN2O7PS.2Na/c1-5-3-13(9(22)12-8(5)14)7-2-10(11,15)6(20-7)4-19-21(16,17)18;;/h3,6-7,15H,2,4H2,1H3,(H,12,14,22)(H2,16,17,18);;/q;2*+1/p-2/t6-,7-,10+;;/m1../s1. The van der Waals surface area contributed by atoms with E-state index < -0.39 is 44.6 Å². The van der Waals surface area contributed by atoms with Gasteiger partial charge in [0.1, 0.15) is 12.3 Å². The molecule has 1 fully saturated rings. The molecule has 0 aliphatic carbocycles. The van der Waals surface area contributed by atoms with Gasteiger partial charge in [0, 0.05) is 11.8 Å². The Bertz CT molecular complexity index is 737. The van der Waals surface area contributed by atoms with Crippen molar-refractivity contribution in [1.29, 1.82) is 0 Å². The summed E-state index contributed by atoms with van der Waals surface area (Å²) in [7, 11) is -5.32. The minimum atomic E-state index is -5.32. The van der Waals surface area contributed by atoms with Crippen LogP contribution in [0.5, 0.6) is 0 Å². The molecule has 1 aromatic rings. The third-order valence-corrected chi connectivity index (χ3v) is 3.89. The van der Waals surface area contributed by atoms with Crippen LogP contribution in [0.4, 0.5) is 4.39 Å². The van der Waals surface area contributed by atoms with Gasteiger partial charge in [-0.15, -0.1) is 0 Å². The molecule has 9 nitrogen and oxygen atoms in total. The molecule has 0 saturated carbocycles. The number of halogens is 1. The smallest absolute Gasteiger partial charge is 0.790 e. The van der Waals surface area contributed by atoms with Gasteiger partial charge in [-0.05, 0) is 19.1 Å². The first-order valence-corrected chi connectivity index (χ1v) is 7.92. The summed E-state index contributed by atoms with van der Waals surface area (Å²) in [4.78, 5) is 34.6. The molecule has 0 spiro atoms. The molecule has 0 aromatic carbocycles. The molecule has 0 unspecified atom stereocenters. The number of phosphoric ester groups is 1. The van der Waals surface area contributed by atoms with Crippen molar-refractivity contribution < 1.29 is 92.2 Å². The van der Waals surface area contributed by atoms with E-state index in [-0.39, 0.29) is 69.4 Å². The van der Waals surface area contributed by atoms with E-state index in [1.54, 1.807) is 0 Å². The van der Waals surface area contributed by atoms with Crippen molar-refractivity contribution >= 4 is 20.0 Å². The summed E-state index contributed by atoms with van der Waals surface area (Å²) < 4.78 is 34.7. The van der Waals surface area contributed by atoms with E-state index in [2.05, 4.69) is 9.51 Å². The molecule has 0 bridgehead atoms. The van der Waals surface area contributed by atoms with Crippen molar-refractivity contribution in [3.8, 4) is 0 Å². The zero-order valence-electron chi connectivity index (χ0n) is 13.2. The normalized spacial score (nSPS) is 26.5. The average Bonchev–Trinajstić information content (AvgIpc) is 2.65. The molecule has 1 aromatic heterocycles. The number of hydrogen-bond donors (Lipinski definition) is 2. The molecule has 2 rings (SSSR count). The number of rotatable bonds is 4. The molecule has 0 amide bonds. The summed E-state index contributed by atoms with van der Waals surface area (Å²) in [6.45, 7) is 0.524. The summed E-state index contributed by atoms with van der Waals surface area (Å²) in [6.07, 6.45) is -2.05. The van der Waals surface area contributed by atoms with Gasteiger partial charge in [-0.25, -0.2) is 4.39 Å². The van der Waals surface area contributed by atoms with Crippen molar-refractivity contribution in [3.05, 3.63) is 26.9 Å². The van der Waals surface area contributed by atoms with Gasteiger partial charge in [0.25, 0.3) is 5.56 Å². The van der Waals surface area contributed by atoms with Gasteiger partial charge in [0.15, 0.2) is 4.77 Å². The topological polar surface area (TPSA) is 140 Å². The molecule has 124 valence electrons. The molecular formula is C10H12FN2Na2O7PS. The average molecular weight is 400 g/mol. The van der Waals surface area contributed by atoms with Crippen LogP contribution in [-0.2, 0) is 13.8 Å². The summed E-state index contributed by atoms with van der Waals surface area (Å²) in [5.74, 6) is -2.92. The van der Waals surface area contributed by atoms with Crippen LogP contribution in [0.2, 0.25) is 0 Å². The van der Waals surface area contributed by atoms with E-state index in [0.717, 1.165) is 0 Å². The number of alkyl halides is 1. The van der Waals surface area contributed by atoms with Crippen LogP contribution in [0.15, 0.2) is 11.0 Å². The van der Waals surface area contributed by atoms with Gasteiger partial charge in [-0.1, -0.05) is 0 Å². The van der Waals surface area contributed by atoms with Gasteiger partial charge in [-0.3, -0.25) is 14.3 Å². The number of ether oxygens (including phenoxy) is 1. The van der Waals surface area contributed by atoms with Crippen LogP contribution in [0, 0.1) is 11.7 Å². The Balaban J connectivity index is 0.00000264. The molecule has 14 heteroatoms. The zero-order chi connectivity index (χ0) is 16.7. The molecule has 3 atom stereocenters. The molecule has 1 saturated heterocycles. The SMILES string of the molecule is Cc1cn([C@H]2C[C@@](O)(F)[C@@H](COP(=O)([O-])[O-])O2)c(=S)[nH]c1=O.[Na+].[Na+]. The molecule has 0 radical (unpaired) electrons. The third-order valence-electron chi connectivity index (χ3n) is 3.12. The minimum Gasteiger partial charge on any atom is -0.790 e. The fraction of sp³-hybridized carbons (Fsp3) is 0.600. The second kappa shape index (κ2) is 9.32. The van der Waals surface area contributed by atoms with Crippen LogP contribution >= 0.6 is 20.0 Å². The number of H-pyrrole nitrogens is 1. The second-order valence-electron chi connectivity index (χ2n) is 4.82. The van der Waals surface area contributed by atoms with Gasteiger partial charge >= 0.3 is 59.1 Å². The van der Waals surface area contributed by atoms with Gasteiger partial charge in [0.2, 0.25) is 5.85 Å². The number of aliphatic hydroxyl groups is 1. The van der Waals surface area contributed by atoms with Crippen LogP contribution in [0.3, 0.4) is 0 Å². The number of hydrogen-bond acceptors (Lipinski definition) is 8. The first kappa shape index (κ1) is 25.1. The van der Waals surface area contributed by atoms with E-state index in [9.17, 15) is 28.6 Å². The first-order valence-electron chi connectivity index (χ1n) is 6.05. The molecule has 2 heterocycles. The summed E-state index contributed by atoms with van der Waals surface area (Å²) in [5.41, 5.74) is -0.142. The molecule has 1 aliphatic rings. The molecule has 24 heavy (non-hydrogen) atoms. The molecule has 2 N–H and O–H groups in total. The first-order chi connectivity index (χ1) is 9.99. The van der Waals surface area contributed by atoms with Crippen molar-refractivity contribution in [2.75, 3.05) is 6.61 Å². The van der Waals surface area contributed by atoms with E-state index in [0.29, 0.717) is 0 Å². The summed E-state index contributed by atoms with van der Waals surface area (Å²) in [6, 6.07) is 0. The Morgan fingerprint density at radius 3 is 2.75 bits per heavy atom. The predicted octanol–water partition coefficient (Wildman–Crippen LogP) is -6.99. The van der Waals surface area contributed by atoms with Crippen molar-refractivity contribution in [2.45, 2.75) is 31.5 Å². The van der Waals surface area contributed by atoms with Crippen LogP contribution in [0.25, 0.3) is 0 Å². The number of aromatic nitrogens is 2. The summed E-state index contributed by atoms with van der Waals surface area (Å²) in [5, 5.41) is 9.61. The Labute approximate surface area is 185 Å². The largest absolute Gasteiger partial charge is 1.00 e. The molecule has 1 aliphatic heterocycles. The Kier molecular flexibility index (Phi) is 9.73. The summed E-state index contributed by atoms with van der Waals surface area (Å²) >= 11 is 4.92. The maximum atomic E-state index is 14.0. The Morgan fingerprint density at radius 1 is 1.62 bits per heavy atom. The van der Waals surface area contributed by atoms with Gasteiger partial charge in [0.05, 0.1) is 20.9 Å². The van der Waals surface area contributed by atoms with Crippen molar-refractivity contribution in [3.63, 3.8) is 0 Å². The minimum absolute atomic E-state index is 0. The zero-order valence-corrected chi connectivity index (χ0v) is 18.9. The van der Waals surface area contributed by atoms with Gasteiger partial charge < -0.3 is 28.7 Å². The molecular weight excluding hydrogens is 388 g/mol. The number of aryl methyl sites for hydroxylation is 1. The maximum absolute atomic E-state index is 14.0. The van der Waals surface area contributed by atoms with Crippen LogP contribution in [-0.4, -0.2) is 33.2 Å². The van der Waals surface area contributed by atoms with Crippen molar-refractivity contribution in [1.82, 2.24) is 9.55 Å². The third kappa shape index (κ3) is 6.34. The Morgan fingerprint density at radius 2 is 2.21 bits per heavy atom. The fourth-order valence-corrected chi connectivity index (χ4v) is 2.59.